The summed E-state index contributed by atoms with van der Waals surface area (Å²) >= 11 is 0. The predicted molar refractivity (Wildman–Crippen MR) is 94.1 cm³/mol. The maximum absolute atomic E-state index is 12.6. The van der Waals surface area contributed by atoms with Gasteiger partial charge in [0.1, 0.15) is 0 Å². The van der Waals surface area contributed by atoms with Gasteiger partial charge in [-0.1, -0.05) is 6.92 Å². The highest BCUT2D eigenvalue weighted by atomic mass is 32.2. The van der Waals surface area contributed by atoms with Crippen molar-refractivity contribution < 1.29 is 8.42 Å². The third kappa shape index (κ3) is 3.04. The Bertz CT molecular complexity index is 1060. The first-order valence-electron chi connectivity index (χ1n) is 8.64. The normalized spacial score (nSPS) is 19.2. The summed E-state index contributed by atoms with van der Waals surface area (Å²) in [5, 5.41) is 0.226. The fraction of sp³-hybridized carbons (Fsp3) is 0.529. The number of rotatable bonds is 6. The third-order valence-electron chi connectivity index (χ3n) is 5.30. The van der Waals surface area contributed by atoms with Crippen molar-refractivity contribution in [1.82, 2.24) is 14.3 Å². The lowest BCUT2D eigenvalue weighted by Crippen LogP contribution is -2.36. The Kier molecular flexibility index (Phi) is 3.66. The van der Waals surface area contributed by atoms with Gasteiger partial charge in [-0.05, 0) is 56.2 Å². The van der Waals surface area contributed by atoms with E-state index in [-0.39, 0.29) is 15.8 Å². The smallest absolute Gasteiger partial charge is 0.293 e. The third-order valence-corrected chi connectivity index (χ3v) is 6.87. The fourth-order valence-corrected chi connectivity index (χ4v) is 4.76. The van der Waals surface area contributed by atoms with Crippen LogP contribution in [0.15, 0.2) is 32.7 Å². The van der Waals surface area contributed by atoms with Gasteiger partial charge < -0.3 is 0 Å². The van der Waals surface area contributed by atoms with Crippen LogP contribution in [0.5, 0.6) is 0 Å². The second kappa shape index (κ2) is 5.54. The van der Waals surface area contributed by atoms with Crippen molar-refractivity contribution >= 4 is 20.9 Å². The topological polar surface area (TPSA) is 101 Å². The van der Waals surface area contributed by atoms with Crippen molar-refractivity contribution in [2.45, 2.75) is 56.0 Å². The van der Waals surface area contributed by atoms with E-state index in [4.69, 9.17) is 0 Å². The molecule has 0 radical (unpaired) electrons. The van der Waals surface area contributed by atoms with Crippen molar-refractivity contribution in [3.05, 3.63) is 39.0 Å². The van der Waals surface area contributed by atoms with Gasteiger partial charge in [-0.25, -0.2) is 17.9 Å². The first kappa shape index (κ1) is 16.5. The Hall–Kier alpha value is -1.93. The number of nitrogens with zero attached hydrogens (tertiary/aromatic N) is 1. The van der Waals surface area contributed by atoms with Gasteiger partial charge in [-0.15, -0.1) is 0 Å². The Morgan fingerprint density at radius 2 is 2.00 bits per heavy atom. The number of aromatic nitrogens is 2. The van der Waals surface area contributed by atoms with Crippen LogP contribution in [0.3, 0.4) is 0 Å². The molecule has 0 amide bonds. The molecule has 0 aliphatic heterocycles. The SMILES string of the molecule is CCC1(NS(=O)(=O)c2ccc3c(c2)c(=O)[nH]c(=O)n3CC2CC2)CC1. The summed E-state index contributed by atoms with van der Waals surface area (Å²) in [6, 6.07) is 4.40. The van der Waals surface area contributed by atoms with Crippen LogP contribution in [0.4, 0.5) is 0 Å². The number of sulfonamides is 1. The van der Waals surface area contributed by atoms with E-state index in [9.17, 15) is 18.0 Å². The summed E-state index contributed by atoms with van der Waals surface area (Å²) in [4.78, 5) is 26.7. The summed E-state index contributed by atoms with van der Waals surface area (Å²) in [6.45, 7) is 2.51. The van der Waals surface area contributed by atoms with Crippen molar-refractivity contribution in [3.63, 3.8) is 0 Å². The second-order valence-electron chi connectivity index (χ2n) is 7.23. The average molecular weight is 363 g/mol. The van der Waals surface area contributed by atoms with E-state index in [2.05, 4.69) is 9.71 Å². The molecular weight excluding hydrogens is 342 g/mol. The molecule has 134 valence electrons. The van der Waals surface area contributed by atoms with E-state index >= 15 is 0 Å². The van der Waals surface area contributed by atoms with E-state index in [1.54, 1.807) is 6.07 Å². The summed E-state index contributed by atoms with van der Waals surface area (Å²) in [7, 11) is -3.70. The molecule has 0 bridgehead atoms. The molecule has 2 N–H and O–H groups in total. The molecule has 0 saturated heterocycles. The Labute approximate surface area is 145 Å². The number of nitrogens with one attached hydrogen (secondary N) is 2. The minimum Gasteiger partial charge on any atom is -0.293 e. The molecule has 7 nitrogen and oxygen atoms in total. The zero-order valence-electron chi connectivity index (χ0n) is 14.0. The van der Waals surface area contributed by atoms with Gasteiger partial charge in [-0.2, -0.15) is 0 Å². The molecular formula is C17H21N3O4S. The first-order valence-corrected chi connectivity index (χ1v) is 10.1. The van der Waals surface area contributed by atoms with Crippen LogP contribution in [-0.4, -0.2) is 23.5 Å². The van der Waals surface area contributed by atoms with Crippen LogP contribution in [0.25, 0.3) is 10.9 Å². The van der Waals surface area contributed by atoms with Crippen molar-refractivity contribution in [2.75, 3.05) is 0 Å². The molecule has 1 heterocycles. The Morgan fingerprint density at radius 3 is 2.60 bits per heavy atom. The van der Waals surface area contributed by atoms with Crippen LogP contribution in [0.1, 0.15) is 39.0 Å². The van der Waals surface area contributed by atoms with E-state index in [0.717, 1.165) is 32.1 Å². The van der Waals surface area contributed by atoms with Gasteiger partial charge in [-0.3, -0.25) is 14.3 Å². The number of benzene rings is 1. The molecule has 1 aromatic carbocycles. The highest BCUT2D eigenvalue weighted by Crippen LogP contribution is 2.39. The molecule has 0 unspecified atom stereocenters. The summed E-state index contributed by atoms with van der Waals surface area (Å²) in [6.07, 6.45) is 4.54. The monoisotopic (exact) mass is 363 g/mol. The molecule has 25 heavy (non-hydrogen) atoms. The van der Waals surface area contributed by atoms with Gasteiger partial charge in [0.05, 0.1) is 15.8 Å². The zero-order chi connectivity index (χ0) is 17.8. The molecule has 1 aromatic heterocycles. The summed E-state index contributed by atoms with van der Waals surface area (Å²) < 4.78 is 29.6. The zero-order valence-corrected chi connectivity index (χ0v) is 14.9. The molecule has 8 heteroatoms. The van der Waals surface area contributed by atoms with E-state index in [0.29, 0.717) is 18.0 Å². The van der Waals surface area contributed by atoms with E-state index in [1.807, 2.05) is 6.92 Å². The number of fused-ring (bicyclic) bond motifs is 1. The predicted octanol–water partition coefficient (Wildman–Crippen LogP) is 1.32. The van der Waals surface area contributed by atoms with Crippen LogP contribution < -0.4 is 16.0 Å². The minimum absolute atomic E-state index is 0.0573. The van der Waals surface area contributed by atoms with Crippen LogP contribution in [0, 0.1) is 5.92 Å². The molecule has 2 aliphatic carbocycles. The molecule has 0 spiro atoms. The Morgan fingerprint density at radius 1 is 1.28 bits per heavy atom. The lowest BCUT2D eigenvalue weighted by Gasteiger charge is -2.16. The maximum Gasteiger partial charge on any atom is 0.328 e. The second-order valence-corrected chi connectivity index (χ2v) is 8.91. The highest BCUT2D eigenvalue weighted by Gasteiger charge is 2.44. The van der Waals surface area contributed by atoms with Crippen LogP contribution >= 0.6 is 0 Å². The largest absolute Gasteiger partial charge is 0.328 e. The minimum atomic E-state index is -3.70. The fourth-order valence-electron chi connectivity index (χ4n) is 3.20. The van der Waals surface area contributed by atoms with Crippen LogP contribution in [-0.2, 0) is 16.6 Å². The standard InChI is InChI=1S/C17H21N3O4S/c1-2-17(7-8-17)19-25(23,24)12-5-6-14-13(9-12)15(21)18-16(22)20(14)10-11-3-4-11/h5-6,9,11,19H,2-4,7-8,10H2,1H3,(H,18,21,22). The summed E-state index contributed by atoms with van der Waals surface area (Å²) in [5.41, 5.74) is -0.858. The number of hydrogen-bond donors (Lipinski definition) is 2. The van der Waals surface area contributed by atoms with Gasteiger partial charge in [0, 0.05) is 12.1 Å². The van der Waals surface area contributed by atoms with Crippen molar-refractivity contribution in [2.24, 2.45) is 5.92 Å². The molecule has 2 fully saturated rings. The van der Waals surface area contributed by atoms with Gasteiger partial charge in [0.2, 0.25) is 10.0 Å². The van der Waals surface area contributed by atoms with Gasteiger partial charge in [0.15, 0.2) is 0 Å². The molecule has 4 rings (SSSR count). The number of hydrogen-bond acceptors (Lipinski definition) is 4. The summed E-state index contributed by atoms with van der Waals surface area (Å²) in [5.74, 6) is 0.455. The number of aromatic amines is 1. The highest BCUT2D eigenvalue weighted by molar-refractivity contribution is 7.89. The van der Waals surface area contributed by atoms with E-state index < -0.39 is 21.3 Å². The maximum atomic E-state index is 12.6. The first-order chi connectivity index (χ1) is 11.8. The lowest BCUT2D eigenvalue weighted by molar-refractivity contribution is 0.532. The van der Waals surface area contributed by atoms with Crippen molar-refractivity contribution in [1.29, 1.82) is 0 Å². The van der Waals surface area contributed by atoms with Gasteiger partial charge >= 0.3 is 5.69 Å². The quantitative estimate of drug-likeness (QED) is 0.808. The molecule has 2 aliphatic rings. The van der Waals surface area contributed by atoms with Crippen LogP contribution in [0.2, 0.25) is 0 Å². The molecule has 2 saturated carbocycles. The van der Waals surface area contributed by atoms with E-state index in [1.165, 1.54) is 16.7 Å². The average Bonchev–Trinajstić information content (AvgIpc) is 3.48. The lowest BCUT2D eigenvalue weighted by atomic mass is 10.2. The Balaban J connectivity index is 1.80. The van der Waals surface area contributed by atoms with Gasteiger partial charge in [0.25, 0.3) is 5.56 Å². The van der Waals surface area contributed by atoms with Crippen molar-refractivity contribution in [3.8, 4) is 0 Å². The molecule has 2 aromatic rings. The number of H-pyrrole nitrogens is 1. The molecule has 0 atom stereocenters.